The Morgan fingerprint density at radius 3 is 2.50 bits per heavy atom. The van der Waals surface area contributed by atoms with Crippen LogP contribution in [0.2, 0.25) is 5.02 Å². The van der Waals surface area contributed by atoms with Crippen LogP contribution in [0.1, 0.15) is 22.7 Å². The maximum atomic E-state index is 13.4. The molecule has 0 aliphatic carbocycles. The van der Waals surface area contributed by atoms with Crippen LogP contribution in [-0.4, -0.2) is 31.5 Å². The van der Waals surface area contributed by atoms with Gasteiger partial charge in [-0.3, -0.25) is 0 Å². The molecule has 1 saturated heterocycles. The number of rotatable bonds is 6. The highest BCUT2D eigenvalue weighted by atomic mass is 35.5. The first kappa shape index (κ1) is 17.4. The molecule has 3 rings (SSSR count). The molecule has 2 N–H and O–H groups in total. The molecule has 0 aromatic heterocycles. The predicted octanol–water partition coefficient (Wildman–Crippen LogP) is 3.48. The molecule has 1 unspecified atom stereocenters. The van der Waals surface area contributed by atoms with Crippen molar-refractivity contribution in [3.05, 3.63) is 70.0 Å². The van der Waals surface area contributed by atoms with E-state index in [1.165, 1.54) is 17.7 Å². The third-order valence-corrected chi connectivity index (χ3v) is 4.84. The summed E-state index contributed by atoms with van der Waals surface area (Å²) in [6.45, 7) is 3.76. The molecule has 1 atom stereocenters. The summed E-state index contributed by atoms with van der Waals surface area (Å²) in [4.78, 5) is 0. The maximum Gasteiger partial charge on any atom is 0.124 e. The number of halogens is 2. The van der Waals surface area contributed by atoms with Crippen LogP contribution in [0, 0.1) is 18.2 Å². The van der Waals surface area contributed by atoms with E-state index in [0.717, 1.165) is 11.1 Å². The van der Waals surface area contributed by atoms with Gasteiger partial charge in [-0.1, -0.05) is 47.5 Å². The molecule has 0 spiro atoms. The number of hydrogen-bond donors (Lipinski definition) is 2. The van der Waals surface area contributed by atoms with Crippen LogP contribution in [0.5, 0.6) is 0 Å². The standard InChI is InChI=1S/C19H21ClFNO2/c1-13-2-4-14(5-3-13)18(16-7-6-15(21)8-17(16)20)22-9-19(10-23)11-24-12-19/h2-8,18,22-23H,9-12H2,1H3. The highest BCUT2D eigenvalue weighted by Crippen LogP contribution is 2.32. The molecule has 1 fully saturated rings. The normalized spacial score (nSPS) is 17.3. The Morgan fingerprint density at radius 1 is 1.25 bits per heavy atom. The molecule has 0 radical (unpaired) electrons. The van der Waals surface area contributed by atoms with Gasteiger partial charge in [-0.05, 0) is 30.2 Å². The molecular formula is C19H21ClFNO2. The first-order valence-corrected chi connectivity index (χ1v) is 8.34. The van der Waals surface area contributed by atoms with Crippen LogP contribution in [0.3, 0.4) is 0 Å². The monoisotopic (exact) mass is 349 g/mol. The van der Waals surface area contributed by atoms with Gasteiger partial charge in [-0.2, -0.15) is 0 Å². The third-order valence-electron chi connectivity index (χ3n) is 4.52. The highest BCUT2D eigenvalue weighted by molar-refractivity contribution is 6.31. The van der Waals surface area contributed by atoms with E-state index in [4.69, 9.17) is 16.3 Å². The van der Waals surface area contributed by atoms with E-state index in [1.807, 2.05) is 31.2 Å². The van der Waals surface area contributed by atoms with Crippen LogP contribution < -0.4 is 5.32 Å². The fourth-order valence-corrected chi connectivity index (χ4v) is 3.14. The first-order chi connectivity index (χ1) is 11.5. The van der Waals surface area contributed by atoms with E-state index < -0.39 is 0 Å². The van der Waals surface area contributed by atoms with Crippen molar-refractivity contribution in [3.63, 3.8) is 0 Å². The zero-order valence-electron chi connectivity index (χ0n) is 13.6. The fraction of sp³-hybridized carbons (Fsp3) is 0.368. The highest BCUT2D eigenvalue weighted by Gasteiger charge is 2.38. The second-order valence-corrected chi connectivity index (χ2v) is 6.95. The number of nitrogens with one attached hydrogen (secondary N) is 1. The number of aliphatic hydroxyl groups is 1. The molecule has 2 aromatic rings. The molecule has 2 aromatic carbocycles. The smallest absolute Gasteiger partial charge is 0.124 e. The van der Waals surface area contributed by atoms with Crippen molar-refractivity contribution in [1.82, 2.24) is 5.32 Å². The Labute approximate surface area is 146 Å². The van der Waals surface area contributed by atoms with Gasteiger partial charge in [0.2, 0.25) is 0 Å². The van der Waals surface area contributed by atoms with E-state index >= 15 is 0 Å². The van der Waals surface area contributed by atoms with Gasteiger partial charge >= 0.3 is 0 Å². The summed E-state index contributed by atoms with van der Waals surface area (Å²) in [5, 5.41) is 13.5. The fourth-order valence-electron chi connectivity index (χ4n) is 2.86. The molecule has 0 amide bonds. The second-order valence-electron chi connectivity index (χ2n) is 6.54. The van der Waals surface area contributed by atoms with Gasteiger partial charge in [-0.25, -0.2) is 4.39 Å². The SMILES string of the molecule is Cc1ccc(C(NCC2(CO)COC2)c2ccc(F)cc2Cl)cc1. The lowest BCUT2D eigenvalue weighted by Crippen LogP contribution is -2.52. The Morgan fingerprint density at radius 2 is 1.96 bits per heavy atom. The molecular weight excluding hydrogens is 329 g/mol. The second kappa shape index (κ2) is 7.19. The summed E-state index contributed by atoms with van der Waals surface area (Å²) in [6.07, 6.45) is 0. The molecule has 1 aliphatic heterocycles. The third kappa shape index (κ3) is 3.62. The average molecular weight is 350 g/mol. The number of hydrogen-bond acceptors (Lipinski definition) is 3. The minimum atomic E-state index is -0.356. The lowest BCUT2D eigenvalue weighted by molar-refractivity contribution is -0.134. The van der Waals surface area contributed by atoms with Crippen molar-refractivity contribution in [3.8, 4) is 0 Å². The van der Waals surface area contributed by atoms with Gasteiger partial charge in [0, 0.05) is 11.6 Å². The van der Waals surface area contributed by atoms with Gasteiger partial charge in [0.15, 0.2) is 0 Å². The van der Waals surface area contributed by atoms with Crippen LogP contribution in [-0.2, 0) is 4.74 Å². The zero-order valence-corrected chi connectivity index (χ0v) is 14.3. The molecule has 24 heavy (non-hydrogen) atoms. The summed E-state index contributed by atoms with van der Waals surface area (Å²) in [7, 11) is 0. The van der Waals surface area contributed by atoms with E-state index in [1.54, 1.807) is 6.07 Å². The Bertz CT molecular complexity index is 696. The number of aliphatic hydroxyl groups excluding tert-OH is 1. The Balaban J connectivity index is 1.89. The van der Waals surface area contributed by atoms with E-state index in [-0.39, 0.29) is 23.9 Å². The van der Waals surface area contributed by atoms with E-state index in [0.29, 0.717) is 24.8 Å². The topological polar surface area (TPSA) is 41.5 Å². The summed E-state index contributed by atoms with van der Waals surface area (Å²) in [5.74, 6) is -0.356. The Hall–Kier alpha value is -1.46. The maximum absolute atomic E-state index is 13.4. The van der Waals surface area contributed by atoms with Gasteiger partial charge < -0.3 is 15.2 Å². The molecule has 1 aliphatic rings. The minimum Gasteiger partial charge on any atom is -0.396 e. The van der Waals surface area contributed by atoms with Crippen molar-refractivity contribution >= 4 is 11.6 Å². The van der Waals surface area contributed by atoms with Crippen molar-refractivity contribution in [1.29, 1.82) is 0 Å². The number of ether oxygens (including phenoxy) is 1. The van der Waals surface area contributed by atoms with Gasteiger partial charge in [-0.15, -0.1) is 0 Å². The summed E-state index contributed by atoms with van der Waals surface area (Å²) in [6, 6.07) is 12.4. The quantitative estimate of drug-likeness (QED) is 0.839. The van der Waals surface area contributed by atoms with Crippen LogP contribution in [0.4, 0.5) is 4.39 Å². The largest absolute Gasteiger partial charge is 0.396 e. The van der Waals surface area contributed by atoms with Crippen LogP contribution >= 0.6 is 11.6 Å². The zero-order chi connectivity index (χ0) is 17.2. The number of benzene rings is 2. The summed E-state index contributed by atoms with van der Waals surface area (Å²) in [5.41, 5.74) is 2.77. The molecule has 3 nitrogen and oxygen atoms in total. The van der Waals surface area contributed by atoms with E-state index in [2.05, 4.69) is 5.32 Å². The molecule has 0 saturated carbocycles. The molecule has 128 valence electrons. The summed E-state index contributed by atoms with van der Waals surface area (Å²) >= 11 is 6.28. The Kier molecular flexibility index (Phi) is 5.21. The molecule has 1 heterocycles. The lowest BCUT2D eigenvalue weighted by atomic mass is 9.86. The van der Waals surface area contributed by atoms with Gasteiger partial charge in [0.25, 0.3) is 0 Å². The first-order valence-electron chi connectivity index (χ1n) is 7.96. The van der Waals surface area contributed by atoms with Crippen LogP contribution in [0.15, 0.2) is 42.5 Å². The predicted molar refractivity (Wildman–Crippen MR) is 92.8 cm³/mol. The van der Waals surface area contributed by atoms with Crippen molar-refractivity contribution in [2.75, 3.05) is 26.4 Å². The van der Waals surface area contributed by atoms with Gasteiger partial charge in [0.05, 0.1) is 31.3 Å². The van der Waals surface area contributed by atoms with E-state index in [9.17, 15) is 9.50 Å². The van der Waals surface area contributed by atoms with Crippen molar-refractivity contribution in [2.45, 2.75) is 13.0 Å². The molecule has 0 bridgehead atoms. The molecule has 5 heteroatoms. The summed E-state index contributed by atoms with van der Waals surface area (Å²) < 4.78 is 18.7. The number of aryl methyl sites for hydroxylation is 1. The van der Waals surface area contributed by atoms with Crippen molar-refractivity contribution in [2.24, 2.45) is 5.41 Å². The minimum absolute atomic E-state index is 0.0672. The lowest BCUT2D eigenvalue weighted by Gasteiger charge is -2.41. The average Bonchev–Trinajstić information content (AvgIpc) is 2.52. The van der Waals surface area contributed by atoms with Gasteiger partial charge in [0.1, 0.15) is 5.82 Å². The van der Waals surface area contributed by atoms with Crippen LogP contribution in [0.25, 0.3) is 0 Å². The van der Waals surface area contributed by atoms with Crippen molar-refractivity contribution < 1.29 is 14.2 Å².